The van der Waals surface area contributed by atoms with Crippen molar-refractivity contribution < 1.29 is 14.7 Å². The maximum Gasteiger partial charge on any atom is 0.328 e. The second-order valence-electron chi connectivity index (χ2n) is 5.46. The van der Waals surface area contributed by atoms with Gasteiger partial charge in [0.2, 0.25) is 5.91 Å². The molecule has 5 heteroatoms. The average molecular weight is 354 g/mol. The summed E-state index contributed by atoms with van der Waals surface area (Å²) in [7, 11) is 0. The monoisotopic (exact) mass is 354 g/mol. The Balaban J connectivity index is 0.000000437. The van der Waals surface area contributed by atoms with Crippen LogP contribution in [-0.4, -0.2) is 23.0 Å². The lowest BCUT2D eigenvalue weighted by molar-refractivity contribution is -0.131. The Hall–Kier alpha value is -3.13. The molecule has 1 aromatic carbocycles. The van der Waals surface area contributed by atoms with Gasteiger partial charge in [-0.3, -0.25) is 4.79 Å². The molecule has 2 N–H and O–H groups in total. The second kappa shape index (κ2) is 15.4. The van der Waals surface area contributed by atoms with Gasteiger partial charge in [-0.1, -0.05) is 68.8 Å². The van der Waals surface area contributed by atoms with Gasteiger partial charge in [0.05, 0.1) is 6.07 Å². The smallest absolute Gasteiger partial charge is 0.328 e. The number of hydrogen-bond donors (Lipinski definition) is 2. The van der Waals surface area contributed by atoms with Crippen LogP contribution in [0.2, 0.25) is 0 Å². The van der Waals surface area contributed by atoms with E-state index < -0.39 is 5.97 Å². The minimum atomic E-state index is -1.09. The molecule has 1 amide bonds. The number of carboxylic acid groups (broad SMARTS) is 1. The number of allylic oxidation sites excluding steroid dienone is 1. The molecule has 0 spiro atoms. The molecule has 5 nitrogen and oxygen atoms in total. The Morgan fingerprint density at radius 1 is 1.12 bits per heavy atom. The highest BCUT2D eigenvalue weighted by atomic mass is 16.4. The highest BCUT2D eigenvalue weighted by Crippen LogP contribution is 2.17. The average Bonchev–Trinajstić information content (AvgIpc) is 2.68. The summed E-state index contributed by atoms with van der Waals surface area (Å²) in [6.45, 7) is 6.75. The van der Waals surface area contributed by atoms with E-state index in [9.17, 15) is 9.59 Å². The highest BCUT2D eigenvalue weighted by Gasteiger charge is 2.14. The first-order chi connectivity index (χ1) is 12.5. The topological polar surface area (TPSA) is 90.2 Å². The molecule has 0 bridgehead atoms. The molecule has 0 aromatic heterocycles. The third kappa shape index (κ3) is 13.3. The maximum absolute atomic E-state index is 11.2. The molecule has 0 unspecified atom stereocenters. The van der Waals surface area contributed by atoms with Gasteiger partial charge < -0.3 is 10.4 Å². The number of benzene rings is 1. The molecular weight excluding hydrogens is 328 g/mol. The lowest BCUT2D eigenvalue weighted by Crippen LogP contribution is -2.35. The summed E-state index contributed by atoms with van der Waals surface area (Å²) in [6, 6.07) is 12.0. The van der Waals surface area contributed by atoms with E-state index >= 15 is 0 Å². The second-order valence-corrected chi connectivity index (χ2v) is 5.46. The molecule has 1 saturated carbocycles. The molecular formula is C21H26N2O3. The fourth-order valence-corrected chi connectivity index (χ4v) is 2.23. The standard InChI is InChI=1S/C10H15NO3.C8H8.C3H3N/c12-9(6-7-10(13)14)11-8-4-2-1-3-5-8;1-2-8-6-4-3-5-7-8;1-2-3-4/h6-8H,1-5H2,(H,11,12)(H,13,14);2-7H,1H2;2H,1H2. The largest absolute Gasteiger partial charge is 0.478 e. The van der Waals surface area contributed by atoms with E-state index in [1.54, 1.807) is 6.07 Å². The number of hydrogen-bond acceptors (Lipinski definition) is 3. The predicted molar refractivity (Wildman–Crippen MR) is 104 cm³/mol. The SMILES string of the molecule is C=CC#N.C=Cc1ccccc1.O=C(O)C=CC(=O)NC1CCCCC1. The number of nitriles is 1. The first kappa shape index (κ1) is 22.9. The van der Waals surface area contributed by atoms with Crippen LogP contribution >= 0.6 is 0 Å². The van der Waals surface area contributed by atoms with E-state index in [1.165, 1.54) is 18.1 Å². The first-order valence-electron chi connectivity index (χ1n) is 8.43. The third-order valence-corrected chi connectivity index (χ3v) is 3.46. The summed E-state index contributed by atoms with van der Waals surface area (Å²) in [5.41, 5.74) is 1.17. The summed E-state index contributed by atoms with van der Waals surface area (Å²) in [6.07, 6.45) is 10.5. The molecule has 1 aromatic rings. The number of amides is 1. The predicted octanol–water partition coefficient (Wildman–Crippen LogP) is 4.10. The van der Waals surface area contributed by atoms with Gasteiger partial charge in [-0.2, -0.15) is 5.26 Å². The Morgan fingerprint density at radius 3 is 2.12 bits per heavy atom. The zero-order valence-electron chi connectivity index (χ0n) is 14.9. The van der Waals surface area contributed by atoms with Crippen molar-refractivity contribution in [3.63, 3.8) is 0 Å². The van der Waals surface area contributed by atoms with Crippen LogP contribution in [0, 0.1) is 11.3 Å². The summed E-state index contributed by atoms with van der Waals surface area (Å²) >= 11 is 0. The molecule has 26 heavy (non-hydrogen) atoms. The number of nitrogens with zero attached hydrogens (tertiary/aromatic N) is 1. The Morgan fingerprint density at radius 2 is 1.69 bits per heavy atom. The van der Waals surface area contributed by atoms with Crippen molar-refractivity contribution in [3.05, 3.63) is 67.3 Å². The summed E-state index contributed by atoms with van der Waals surface area (Å²) in [5.74, 6) is -1.40. The fourth-order valence-electron chi connectivity index (χ4n) is 2.23. The molecule has 1 aliphatic carbocycles. The maximum atomic E-state index is 11.2. The number of rotatable bonds is 4. The lowest BCUT2D eigenvalue weighted by Gasteiger charge is -2.21. The molecule has 0 heterocycles. The van der Waals surface area contributed by atoms with Crippen molar-refractivity contribution in [2.75, 3.05) is 0 Å². The summed E-state index contributed by atoms with van der Waals surface area (Å²) in [4.78, 5) is 21.3. The van der Waals surface area contributed by atoms with Crippen LogP contribution in [0.3, 0.4) is 0 Å². The number of carbonyl (C=O) groups excluding carboxylic acids is 1. The van der Waals surface area contributed by atoms with Gasteiger partial charge >= 0.3 is 5.97 Å². The normalized spacial score (nSPS) is 13.0. The molecule has 0 aliphatic heterocycles. The van der Waals surface area contributed by atoms with Crippen molar-refractivity contribution in [3.8, 4) is 6.07 Å². The Labute approximate surface area is 155 Å². The van der Waals surface area contributed by atoms with E-state index in [2.05, 4.69) is 18.5 Å². The van der Waals surface area contributed by atoms with Gasteiger partial charge in [0, 0.05) is 24.3 Å². The Kier molecular flexibility index (Phi) is 13.5. The quantitative estimate of drug-likeness (QED) is 0.629. The minimum absolute atomic E-state index is 0.231. The van der Waals surface area contributed by atoms with Crippen LogP contribution in [-0.2, 0) is 9.59 Å². The zero-order valence-corrected chi connectivity index (χ0v) is 14.9. The Bertz CT molecular complexity index is 624. The van der Waals surface area contributed by atoms with Gasteiger partial charge in [-0.25, -0.2) is 4.79 Å². The van der Waals surface area contributed by atoms with Crippen LogP contribution in [0.15, 0.2) is 61.7 Å². The van der Waals surface area contributed by atoms with Crippen LogP contribution in [0.25, 0.3) is 6.08 Å². The molecule has 1 aliphatic rings. The summed E-state index contributed by atoms with van der Waals surface area (Å²) in [5, 5.41) is 18.6. The number of aliphatic carboxylic acids is 1. The number of carboxylic acids is 1. The fraction of sp³-hybridized carbons (Fsp3) is 0.286. The molecule has 138 valence electrons. The van der Waals surface area contributed by atoms with Crippen molar-refractivity contribution in [2.24, 2.45) is 0 Å². The van der Waals surface area contributed by atoms with Gasteiger partial charge in [0.15, 0.2) is 0 Å². The zero-order chi connectivity index (χ0) is 19.6. The van der Waals surface area contributed by atoms with Gasteiger partial charge in [0.1, 0.15) is 0 Å². The third-order valence-electron chi connectivity index (χ3n) is 3.46. The molecule has 1 fully saturated rings. The molecule has 0 radical (unpaired) electrons. The molecule has 2 rings (SSSR count). The van der Waals surface area contributed by atoms with E-state index in [1.807, 2.05) is 36.4 Å². The van der Waals surface area contributed by atoms with Crippen molar-refractivity contribution in [2.45, 2.75) is 38.1 Å². The van der Waals surface area contributed by atoms with Crippen molar-refractivity contribution in [1.29, 1.82) is 5.26 Å². The molecule has 0 saturated heterocycles. The van der Waals surface area contributed by atoms with Gasteiger partial charge in [-0.15, -0.1) is 0 Å². The minimum Gasteiger partial charge on any atom is -0.478 e. The molecule has 0 atom stereocenters. The van der Waals surface area contributed by atoms with E-state index in [4.69, 9.17) is 10.4 Å². The van der Waals surface area contributed by atoms with Crippen molar-refractivity contribution >= 4 is 18.0 Å². The van der Waals surface area contributed by atoms with Crippen LogP contribution < -0.4 is 5.32 Å². The van der Waals surface area contributed by atoms with E-state index in [0.29, 0.717) is 0 Å². The number of nitrogens with one attached hydrogen (secondary N) is 1. The van der Waals surface area contributed by atoms with Crippen LogP contribution in [0.4, 0.5) is 0 Å². The van der Waals surface area contributed by atoms with E-state index in [0.717, 1.165) is 37.8 Å². The van der Waals surface area contributed by atoms with Gasteiger partial charge in [-0.05, 0) is 18.4 Å². The van der Waals surface area contributed by atoms with E-state index in [-0.39, 0.29) is 11.9 Å². The number of carbonyl (C=O) groups is 2. The van der Waals surface area contributed by atoms with Crippen molar-refractivity contribution in [1.82, 2.24) is 5.32 Å². The highest BCUT2D eigenvalue weighted by molar-refractivity contribution is 5.93. The van der Waals surface area contributed by atoms with Gasteiger partial charge in [0.25, 0.3) is 0 Å². The van der Waals surface area contributed by atoms with Crippen LogP contribution in [0.1, 0.15) is 37.7 Å². The lowest BCUT2D eigenvalue weighted by atomic mass is 9.95. The first-order valence-corrected chi connectivity index (χ1v) is 8.43. The van der Waals surface area contributed by atoms with Crippen LogP contribution in [0.5, 0.6) is 0 Å². The summed E-state index contributed by atoms with van der Waals surface area (Å²) < 4.78 is 0.